The number of methoxy groups -OCH3 is 2. The number of rotatable bonds is 8. The van der Waals surface area contributed by atoms with Crippen LogP contribution in [0, 0.1) is 11.6 Å². The van der Waals surface area contributed by atoms with Crippen molar-refractivity contribution in [1.82, 2.24) is 5.32 Å². The normalized spacial score (nSPS) is 11.6. The number of hydrogen-bond acceptors (Lipinski definition) is 4. The van der Waals surface area contributed by atoms with Crippen molar-refractivity contribution in [3.05, 3.63) is 59.2 Å². The largest absolute Gasteiger partial charge is 0.493 e. The number of aliphatic carboxylic acids is 1. The number of nitrogens with one attached hydrogen (secondary N) is 1. The molecule has 0 aliphatic rings. The summed E-state index contributed by atoms with van der Waals surface area (Å²) < 4.78 is 37.3. The molecule has 0 saturated carbocycles. The summed E-state index contributed by atoms with van der Waals surface area (Å²) in [5, 5.41) is 11.7. The van der Waals surface area contributed by atoms with Crippen LogP contribution >= 0.6 is 0 Å². The summed E-state index contributed by atoms with van der Waals surface area (Å²) in [4.78, 5) is 23.5. The highest BCUT2D eigenvalue weighted by molar-refractivity contribution is 5.80. The molecular formula is C19H19F2NO5. The number of carboxylic acids is 1. The summed E-state index contributed by atoms with van der Waals surface area (Å²) in [6.45, 7) is 0. The topological polar surface area (TPSA) is 84.9 Å². The molecule has 1 atom stereocenters. The Morgan fingerprint density at radius 1 is 1.07 bits per heavy atom. The number of carboxylic acid groups (broad SMARTS) is 1. The van der Waals surface area contributed by atoms with Gasteiger partial charge in [-0.15, -0.1) is 0 Å². The molecule has 0 aliphatic heterocycles. The Kier molecular flexibility index (Phi) is 6.70. The third-order valence-electron chi connectivity index (χ3n) is 3.88. The van der Waals surface area contributed by atoms with Gasteiger partial charge in [-0.1, -0.05) is 6.07 Å². The van der Waals surface area contributed by atoms with Crippen LogP contribution < -0.4 is 14.8 Å². The van der Waals surface area contributed by atoms with Crippen molar-refractivity contribution < 1.29 is 33.0 Å². The molecule has 6 nitrogen and oxygen atoms in total. The van der Waals surface area contributed by atoms with E-state index in [-0.39, 0.29) is 5.56 Å². The van der Waals surface area contributed by atoms with Crippen LogP contribution in [0.1, 0.15) is 23.6 Å². The van der Waals surface area contributed by atoms with E-state index < -0.39 is 42.4 Å². The summed E-state index contributed by atoms with van der Waals surface area (Å²) in [5.41, 5.74) is 0.358. The summed E-state index contributed by atoms with van der Waals surface area (Å²) in [5.74, 6) is -2.33. The quantitative estimate of drug-likeness (QED) is 0.737. The van der Waals surface area contributed by atoms with Gasteiger partial charge in [-0.25, -0.2) is 8.78 Å². The molecule has 2 aromatic rings. The molecule has 2 aromatic carbocycles. The van der Waals surface area contributed by atoms with Crippen molar-refractivity contribution in [3.63, 3.8) is 0 Å². The Morgan fingerprint density at radius 2 is 1.78 bits per heavy atom. The number of amides is 1. The molecule has 0 aromatic heterocycles. The van der Waals surface area contributed by atoms with Gasteiger partial charge in [0, 0.05) is 5.56 Å². The van der Waals surface area contributed by atoms with Crippen LogP contribution in [0.5, 0.6) is 11.5 Å². The van der Waals surface area contributed by atoms with Crippen molar-refractivity contribution in [1.29, 1.82) is 0 Å². The van der Waals surface area contributed by atoms with Gasteiger partial charge in [-0.3, -0.25) is 9.59 Å². The van der Waals surface area contributed by atoms with Crippen LogP contribution in [0.2, 0.25) is 0 Å². The van der Waals surface area contributed by atoms with Crippen LogP contribution in [-0.4, -0.2) is 31.2 Å². The first-order valence-corrected chi connectivity index (χ1v) is 8.01. The summed E-state index contributed by atoms with van der Waals surface area (Å²) in [6, 6.07) is 6.66. The van der Waals surface area contributed by atoms with Gasteiger partial charge in [0.2, 0.25) is 5.91 Å². The number of carbonyl (C=O) groups is 2. The fourth-order valence-corrected chi connectivity index (χ4v) is 2.59. The number of halogens is 2. The Balaban J connectivity index is 2.22. The second-order valence-corrected chi connectivity index (χ2v) is 5.74. The smallest absolute Gasteiger partial charge is 0.305 e. The van der Waals surface area contributed by atoms with E-state index in [9.17, 15) is 18.4 Å². The summed E-state index contributed by atoms with van der Waals surface area (Å²) >= 11 is 0. The van der Waals surface area contributed by atoms with Gasteiger partial charge in [-0.2, -0.15) is 0 Å². The van der Waals surface area contributed by atoms with Gasteiger partial charge in [0.15, 0.2) is 11.5 Å². The van der Waals surface area contributed by atoms with Crippen LogP contribution in [-0.2, 0) is 16.0 Å². The highest BCUT2D eigenvalue weighted by Gasteiger charge is 2.21. The maximum atomic E-state index is 13.7. The second-order valence-electron chi connectivity index (χ2n) is 5.74. The minimum Gasteiger partial charge on any atom is -0.493 e. The fourth-order valence-electron chi connectivity index (χ4n) is 2.59. The molecule has 2 rings (SSSR count). The van der Waals surface area contributed by atoms with E-state index in [0.717, 1.165) is 18.2 Å². The molecule has 0 bridgehead atoms. The molecule has 8 heteroatoms. The zero-order valence-electron chi connectivity index (χ0n) is 14.8. The Hall–Kier alpha value is -3.16. The average Bonchev–Trinajstić information content (AvgIpc) is 2.63. The Morgan fingerprint density at radius 3 is 2.41 bits per heavy atom. The zero-order valence-corrected chi connectivity index (χ0v) is 14.8. The molecule has 0 saturated heterocycles. The maximum Gasteiger partial charge on any atom is 0.305 e. The molecule has 2 N–H and O–H groups in total. The van der Waals surface area contributed by atoms with Crippen molar-refractivity contribution in [2.24, 2.45) is 0 Å². The lowest BCUT2D eigenvalue weighted by molar-refractivity contribution is -0.137. The minimum absolute atomic E-state index is 0.117. The lowest BCUT2D eigenvalue weighted by Crippen LogP contribution is -2.31. The van der Waals surface area contributed by atoms with Gasteiger partial charge < -0.3 is 19.9 Å². The lowest BCUT2D eigenvalue weighted by atomic mass is 10.0. The second kappa shape index (κ2) is 8.98. The average molecular weight is 379 g/mol. The SMILES string of the molecule is COc1ccc(C(CC(=O)O)NC(=O)Cc2cc(F)ccc2F)cc1OC. The van der Waals surface area contributed by atoms with Crippen molar-refractivity contribution in [2.75, 3.05) is 14.2 Å². The van der Waals surface area contributed by atoms with Gasteiger partial charge in [-0.05, 0) is 35.9 Å². The highest BCUT2D eigenvalue weighted by atomic mass is 19.1. The number of hydrogen-bond donors (Lipinski definition) is 2. The van der Waals surface area contributed by atoms with Gasteiger partial charge >= 0.3 is 5.97 Å². The van der Waals surface area contributed by atoms with E-state index in [1.807, 2.05) is 0 Å². The summed E-state index contributed by atoms with van der Waals surface area (Å²) in [6.07, 6.45) is -0.820. The first-order valence-electron chi connectivity index (χ1n) is 8.01. The minimum atomic E-state index is -1.13. The highest BCUT2D eigenvalue weighted by Crippen LogP contribution is 2.31. The molecular weight excluding hydrogens is 360 g/mol. The predicted octanol–water partition coefficient (Wildman–Crippen LogP) is 2.86. The lowest BCUT2D eigenvalue weighted by Gasteiger charge is -2.19. The first kappa shape index (κ1) is 20.2. The van der Waals surface area contributed by atoms with Crippen LogP contribution in [0.3, 0.4) is 0 Å². The van der Waals surface area contributed by atoms with Crippen LogP contribution in [0.25, 0.3) is 0 Å². The summed E-state index contributed by atoms with van der Waals surface area (Å²) in [7, 11) is 2.89. The number of ether oxygens (including phenoxy) is 2. The third-order valence-corrected chi connectivity index (χ3v) is 3.88. The van der Waals surface area contributed by atoms with E-state index in [4.69, 9.17) is 14.6 Å². The van der Waals surface area contributed by atoms with Gasteiger partial charge in [0.05, 0.1) is 33.1 Å². The molecule has 0 aliphatic carbocycles. The molecule has 27 heavy (non-hydrogen) atoms. The predicted molar refractivity (Wildman–Crippen MR) is 92.7 cm³/mol. The molecule has 1 unspecified atom stereocenters. The van der Waals surface area contributed by atoms with Gasteiger partial charge in [0.25, 0.3) is 0 Å². The van der Waals surface area contributed by atoms with E-state index in [1.165, 1.54) is 14.2 Å². The molecule has 0 spiro atoms. The zero-order chi connectivity index (χ0) is 20.0. The monoisotopic (exact) mass is 379 g/mol. The van der Waals surface area contributed by atoms with Gasteiger partial charge in [0.1, 0.15) is 11.6 Å². The number of benzene rings is 2. The standard InChI is InChI=1S/C19H19F2NO5/c1-26-16-6-3-11(8-17(16)27-2)15(10-19(24)25)22-18(23)9-12-7-13(20)4-5-14(12)21/h3-8,15H,9-10H2,1-2H3,(H,22,23)(H,24,25). The van der Waals surface area contributed by atoms with E-state index in [0.29, 0.717) is 17.1 Å². The molecule has 0 heterocycles. The first-order chi connectivity index (χ1) is 12.8. The molecule has 1 amide bonds. The van der Waals surface area contributed by atoms with Crippen LogP contribution in [0.15, 0.2) is 36.4 Å². The van der Waals surface area contributed by atoms with E-state index >= 15 is 0 Å². The Bertz CT molecular complexity index is 841. The van der Waals surface area contributed by atoms with E-state index in [2.05, 4.69) is 5.32 Å². The maximum absolute atomic E-state index is 13.7. The fraction of sp³-hybridized carbons (Fsp3) is 0.263. The third kappa shape index (κ3) is 5.40. The van der Waals surface area contributed by atoms with Crippen molar-refractivity contribution in [2.45, 2.75) is 18.9 Å². The van der Waals surface area contributed by atoms with Crippen molar-refractivity contribution in [3.8, 4) is 11.5 Å². The number of carbonyl (C=O) groups excluding carboxylic acids is 1. The molecule has 0 radical (unpaired) electrons. The van der Waals surface area contributed by atoms with Crippen LogP contribution in [0.4, 0.5) is 8.78 Å². The van der Waals surface area contributed by atoms with Crippen molar-refractivity contribution >= 4 is 11.9 Å². The Labute approximate surface area is 154 Å². The van der Waals surface area contributed by atoms with E-state index in [1.54, 1.807) is 18.2 Å². The molecule has 0 fully saturated rings. The molecule has 144 valence electrons.